The lowest BCUT2D eigenvalue weighted by Gasteiger charge is -2.24. The van der Waals surface area contributed by atoms with Gasteiger partial charge < -0.3 is 10.7 Å². The minimum Gasteiger partial charge on any atom is -0.373 e. The minimum atomic E-state index is -4.34. The van der Waals surface area contributed by atoms with E-state index in [1.54, 1.807) is 0 Å². The van der Waals surface area contributed by atoms with Gasteiger partial charge in [0, 0.05) is 43.8 Å². The van der Waals surface area contributed by atoms with Crippen molar-refractivity contribution < 1.29 is 17.2 Å². The summed E-state index contributed by atoms with van der Waals surface area (Å²) in [6.07, 6.45) is 2.98. The third kappa shape index (κ3) is 4.69. The van der Waals surface area contributed by atoms with Gasteiger partial charge in [0.1, 0.15) is 22.6 Å². The third-order valence-corrected chi connectivity index (χ3v) is 13.8. The highest BCUT2D eigenvalue weighted by atomic mass is 31.2. The van der Waals surface area contributed by atoms with E-state index >= 15 is 0 Å². The summed E-state index contributed by atoms with van der Waals surface area (Å²) in [5.74, 6) is 2.93. The van der Waals surface area contributed by atoms with Crippen molar-refractivity contribution >= 4 is 79.3 Å². The van der Waals surface area contributed by atoms with Gasteiger partial charge >= 0.3 is 22.7 Å². The van der Waals surface area contributed by atoms with Gasteiger partial charge in [-0.1, -0.05) is 109 Å². The summed E-state index contributed by atoms with van der Waals surface area (Å²) in [7, 11) is -4.34. The van der Waals surface area contributed by atoms with Crippen LogP contribution in [-0.4, -0.2) is 58.6 Å². The molecule has 14 heteroatoms. The Morgan fingerprint density at radius 2 is 0.923 bits per heavy atom. The number of phosphoric ester groups is 1. The average molecular weight is 717 g/mol. The highest BCUT2D eigenvalue weighted by Crippen LogP contribution is 2.52. The molecule has 6 bridgehead atoms. The molecule has 6 aromatic rings. The molecule has 0 atom stereocenters. The van der Waals surface area contributed by atoms with Gasteiger partial charge in [-0.25, -0.2) is 34.5 Å². The Morgan fingerprint density at radius 3 is 1.35 bits per heavy atom. The second-order valence-electron chi connectivity index (χ2n) is 12.2. The van der Waals surface area contributed by atoms with Crippen LogP contribution in [0, 0.1) is 0 Å². The van der Waals surface area contributed by atoms with E-state index in [0.717, 1.165) is 43.8 Å². The van der Waals surface area contributed by atoms with Gasteiger partial charge in [0.25, 0.3) is 0 Å². The molecule has 6 heterocycles. The number of aromatic nitrogens is 2. The van der Waals surface area contributed by atoms with Gasteiger partial charge in [0.2, 0.25) is 0 Å². The summed E-state index contributed by atoms with van der Waals surface area (Å²) in [5.41, 5.74) is 4.34. The quantitative estimate of drug-likeness (QED) is 0.102. The molecule has 0 unspecified atom stereocenters. The third-order valence-electron chi connectivity index (χ3n) is 9.19. The van der Waals surface area contributed by atoms with Crippen molar-refractivity contribution in [1.29, 1.82) is 0 Å². The standard InChI is InChI=1S/C32H16N8.C6H11O4P.Al/c1-2-10-18-17(9-1)25-33-26(18)38-28-21-13-5-6-14-22(21)30(35-28)40-32-24-16-8-7-15-23(24)31(36-32)39-29-20-12-4-3-11-19(20)27(34-29)37-25;1-3-5-9-11(7,8)10-6-4-2;/h1-16H;3-4H,1-2,5-6H2,(H,7,8);/q-2;;+3/p-1. The topological polar surface area (TPSA) is 129 Å². The molecule has 52 heavy (non-hydrogen) atoms. The number of aliphatic imine (C=N–C) groups is 4. The van der Waals surface area contributed by atoms with Gasteiger partial charge in [0.05, 0.1) is 13.2 Å². The fourth-order valence-electron chi connectivity index (χ4n) is 6.98. The summed E-state index contributed by atoms with van der Waals surface area (Å²) in [5, 5.41) is 3.15. The zero-order valence-corrected chi connectivity index (χ0v) is 29.5. The second kappa shape index (κ2) is 12.0. The van der Waals surface area contributed by atoms with Crippen molar-refractivity contribution in [3.05, 3.63) is 156 Å². The van der Waals surface area contributed by atoms with Gasteiger partial charge in [-0.05, 0) is 0 Å². The molecule has 12 nitrogen and oxygen atoms in total. The predicted octanol–water partition coefficient (Wildman–Crippen LogP) is 6.45. The second-order valence-corrected chi connectivity index (χ2v) is 16.2. The summed E-state index contributed by atoms with van der Waals surface area (Å²) >= 11 is -3.51. The number of fused-ring (bicyclic) bond motifs is 14. The van der Waals surface area contributed by atoms with E-state index in [2.05, 4.69) is 13.2 Å². The van der Waals surface area contributed by atoms with Gasteiger partial charge in [-0.2, -0.15) is 0 Å². The van der Waals surface area contributed by atoms with Crippen molar-refractivity contribution in [2.24, 2.45) is 30.0 Å². The lowest BCUT2D eigenvalue weighted by Crippen LogP contribution is -2.48. The van der Waals surface area contributed by atoms with E-state index in [1.807, 2.05) is 104 Å². The number of hydrogen-bond acceptors (Lipinski definition) is 10. The molecule has 2 aromatic heterocycles. The molecule has 0 aliphatic carbocycles. The van der Waals surface area contributed by atoms with E-state index in [-0.39, 0.29) is 13.2 Å². The molecular weight excluding hydrogens is 690 g/mol. The van der Waals surface area contributed by atoms with Crippen LogP contribution in [0.25, 0.3) is 21.5 Å². The van der Waals surface area contributed by atoms with Gasteiger partial charge in [-0.3, -0.25) is 9.05 Å². The van der Waals surface area contributed by atoms with Crippen LogP contribution in [0.3, 0.4) is 0 Å². The Morgan fingerprint density at radius 1 is 0.538 bits per heavy atom. The minimum absolute atomic E-state index is 0.0894. The van der Waals surface area contributed by atoms with Crippen molar-refractivity contribution in [2.45, 2.75) is 0 Å². The molecule has 4 aliphatic heterocycles. The first-order chi connectivity index (χ1) is 25.5. The normalized spacial score (nSPS) is 15.1. The van der Waals surface area contributed by atoms with Crippen LogP contribution in [0.15, 0.2) is 152 Å². The number of nitrogens with zero attached hydrogens (tertiary/aromatic N) is 8. The van der Waals surface area contributed by atoms with E-state index < -0.39 is 22.7 Å². The number of amidine groups is 4. The summed E-state index contributed by atoms with van der Waals surface area (Å²) in [6.45, 7) is 7.35. The number of hydrogen-bond donors (Lipinski definition) is 0. The summed E-state index contributed by atoms with van der Waals surface area (Å²) < 4.78 is 37.2. The summed E-state index contributed by atoms with van der Waals surface area (Å²) in [4.78, 5) is 31.2. The van der Waals surface area contributed by atoms with Crippen molar-refractivity contribution in [2.75, 3.05) is 13.2 Å². The molecule has 10 rings (SSSR count). The fraction of sp³-hybridized carbons (Fsp3) is 0.0526. The maximum atomic E-state index is 14.8. The smallest absolute Gasteiger partial charge is 0.373 e. The molecule has 0 amide bonds. The largest absolute Gasteiger partial charge is 0.818 e. The zero-order chi connectivity index (χ0) is 35.0. The van der Waals surface area contributed by atoms with Crippen molar-refractivity contribution in [3.8, 4) is 0 Å². The van der Waals surface area contributed by atoms with Crippen LogP contribution in [0.2, 0.25) is 0 Å². The lowest BCUT2D eigenvalue weighted by molar-refractivity contribution is 0.178. The molecule has 0 fully saturated rings. The molecule has 0 saturated carbocycles. The van der Waals surface area contributed by atoms with E-state index in [1.165, 1.54) is 12.2 Å². The summed E-state index contributed by atoms with van der Waals surface area (Å²) in [6, 6.07) is 31.5. The van der Waals surface area contributed by atoms with E-state index in [9.17, 15) is 4.57 Å². The molecular formula is C38H26AlN8O4P. The Balaban J connectivity index is 1.44. The molecule has 0 saturated heterocycles. The van der Waals surface area contributed by atoms with Crippen LogP contribution in [0.5, 0.6) is 0 Å². The van der Waals surface area contributed by atoms with Crippen molar-refractivity contribution in [3.63, 3.8) is 0 Å². The predicted molar refractivity (Wildman–Crippen MR) is 202 cm³/mol. The first kappa shape index (κ1) is 31.1. The van der Waals surface area contributed by atoms with Crippen LogP contribution in [0.1, 0.15) is 22.3 Å². The average Bonchev–Trinajstić information content (AvgIpc) is 3.89. The van der Waals surface area contributed by atoms with E-state index in [4.69, 9.17) is 42.6 Å². The Labute approximate surface area is 301 Å². The zero-order valence-electron chi connectivity index (χ0n) is 27.5. The maximum absolute atomic E-state index is 14.8. The van der Waals surface area contributed by atoms with Gasteiger partial charge in [-0.15, -0.1) is 13.2 Å². The Kier molecular flexibility index (Phi) is 7.16. The first-order valence-corrected chi connectivity index (χ1v) is 19.5. The van der Waals surface area contributed by atoms with Crippen LogP contribution >= 0.6 is 7.82 Å². The molecule has 0 spiro atoms. The highest BCUT2D eigenvalue weighted by Gasteiger charge is 2.48. The molecule has 4 aromatic carbocycles. The SMILES string of the molecule is C=CCOP(=O)(OCC=C)[O][Al]1[n]2c3c4ccccc4c2N=C2N=C(N=c4c5ccccc5c([n]41)=NC1=NC(=N3)c3ccccc31)c1ccccc12. The van der Waals surface area contributed by atoms with Crippen molar-refractivity contribution in [1.82, 2.24) is 7.10 Å². The van der Waals surface area contributed by atoms with Crippen LogP contribution in [-0.2, 0) is 17.2 Å². The number of phosphoric acid groups is 1. The first-order valence-electron chi connectivity index (χ1n) is 16.6. The monoisotopic (exact) mass is 716 g/mol. The molecule has 250 valence electrons. The van der Waals surface area contributed by atoms with E-state index in [0.29, 0.717) is 46.0 Å². The fourth-order valence-corrected chi connectivity index (χ4v) is 11.7. The molecule has 0 N–H and O–H groups in total. The maximum Gasteiger partial charge on any atom is 0.818 e. The molecule has 0 radical (unpaired) electrons. The van der Waals surface area contributed by atoms with Crippen LogP contribution < -0.4 is 11.0 Å². The Bertz CT molecular complexity index is 2710. The number of rotatable bonds is 8. The van der Waals surface area contributed by atoms with Gasteiger partial charge in [0.15, 0.2) is 23.3 Å². The number of benzene rings is 4. The van der Waals surface area contributed by atoms with Crippen LogP contribution in [0.4, 0.5) is 11.6 Å². The Hall–Kier alpha value is -5.64. The lowest BCUT2D eigenvalue weighted by atomic mass is 10.1. The molecule has 4 aliphatic rings. The highest BCUT2D eigenvalue weighted by molar-refractivity contribution is 7.49.